The number of hydrogen-bond acceptors (Lipinski definition) is 8. The average molecular weight is 646 g/mol. The smallest absolute Gasteiger partial charge is 0.266 e. The van der Waals surface area contributed by atoms with Gasteiger partial charge >= 0.3 is 0 Å². The molecule has 1 amide bonds. The van der Waals surface area contributed by atoms with Crippen LogP contribution in [0.3, 0.4) is 0 Å². The standard InChI is InChI=1S/C35H36FN3O6S/c36-29-16-12-26(13-17-29)20-22-37-39-34(41)35(21-25-46(42,43)31-10-5-2-6-11-31)32(27-8-3-1-4-9-27)45-33(38-35)28-14-18-30(19-15-28)44-24-7-23-40/h1-6,8-19,32,37,40H,7,20-25H2,(H,39,41)/t32-,35-/m0/s1. The van der Waals surface area contributed by atoms with E-state index in [9.17, 15) is 17.6 Å². The third kappa shape index (κ3) is 7.97. The van der Waals surface area contributed by atoms with E-state index in [4.69, 9.17) is 19.6 Å². The topological polar surface area (TPSA) is 126 Å². The van der Waals surface area contributed by atoms with Crippen molar-refractivity contribution in [2.24, 2.45) is 4.99 Å². The van der Waals surface area contributed by atoms with Gasteiger partial charge in [-0.15, -0.1) is 0 Å². The molecule has 2 atom stereocenters. The number of sulfone groups is 1. The summed E-state index contributed by atoms with van der Waals surface area (Å²) in [5.74, 6) is -0.458. The maximum absolute atomic E-state index is 14.2. The number of aliphatic hydroxyl groups is 1. The summed E-state index contributed by atoms with van der Waals surface area (Å²) in [5, 5.41) is 9.03. The van der Waals surface area contributed by atoms with E-state index in [-0.39, 0.29) is 35.4 Å². The zero-order chi connectivity index (χ0) is 32.4. The van der Waals surface area contributed by atoms with Crippen molar-refractivity contribution >= 4 is 21.6 Å². The second-order valence-electron chi connectivity index (χ2n) is 10.8. The van der Waals surface area contributed by atoms with E-state index in [0.29, 0.717) is 42.9 Å². The fraction of sp³-hybridized carbons (Fsp3) is 0.257. The molecule has 1 aliphatic rings. The van der Waals surface area contributed by atoms with Crippen molar-refractivity contribution < 1.29 is 32.2 Å². The predicted molar refractivity (Wildman–Crippen MR) is 173 cm³/mol. The van der Waals surface area contributed by atoms with Crippen LogP contribution in [0.4, 0.5) is 4.39 Å². The van der Waals surface area contributed by atoms with E-state index >= 15 is 0 Å². The highest BCUT2D eigenvalue weighted by molar-refractivity contribution is 7.91. The molecule has 0 bridgehead atoms. The van der Waals surface area contributed by atoms with E-state index in [1.54, 1.807) is 54.6 Å². The SMILES string of the molecule is O=C(NNCCc1ccc(F)cc1)[C@@]1(CCS(=O)(=O)c2ccccc2)N=C(c2ccc(OCCCO)cc2)O[C@H]1c1ccccc1. The second-order valence-corrected chi connectivity index (χ2v) is 12.9. The highest BCUT2D eigenvalue weighted by atomic mass is 32.2. The number of hydrogen-bond donors (Lipinski definition) is 3. The van der Waals surface area contributed by atoms with Gasteiger partial charge in [-0.3, -0.25) is 10.2 Å². The second kappa shape index (κ2) is 15.1. The Morgan fingerprint density at radius 2 is 1.61 bits per heavy atom. The van der Waals surface area contributed by atoms with Gasteiger partial charge in [0.05, 0.1) is 17.3 Å². The largest absolute Gasteiger partial charge is 0.494 e. The third-order valence-corrected chi connectivity index (χ3v) is 9.37. The normalized spacial score (nSPS) is 17.6. The van der Waals surface area contributed by atoms with Gasteiger partial charge in [0.15, 0.2) is 21.5 Å². The van der Waals surface area contributed by atoms with Gasteiger partial charge in [-0.1, -0.05) is 60.7 Å². The number of carbonyl (C=O) groups is 1. The van der Waals surface area contributed by atoms with Crippen LogP contribution in [0, 0.1) is 5.82 Å². The zero-order valence-electron chi connectivity index (χ0n) is 25.1. The molecule has 0 saturated carbocycles. The van der Waals surface area contributed by atoms with Gasteiger partial charge in [-0.05, 0) is 66.1 Å². The number of halogens is 1. The Morgan fingerprint density at radius 1 is 0.935 bits per heavy atom. The van der Waals surface area contributed by atoms with Gasteiger partial charge in [0.25, 0.3) is 5.91 Å². The van der Waals surface area contributed by atoms with Gasteiger partial charge in [0.2, 0.25) is 5.90 Å². The minimum absolute atomic E-state index is 0.0227. The summed E-state index contributed by atoms with van der Waals surface area (Å²) in [7, 11) is -3.78. The Hall–Kier alpha value is -4.58. The fourth-order valence-corrected chi connectivity index (χ4v) is 6.53. The molecule has 0 aliphatic carbocycles. The molecule has 0 saturated heterocycles. The first-order chi connectivity index (χ1) is 22.3. The number of aliphatic imine (C=N–C) groups is 1. The molecule has 4 aromatic carbocycles. The maximum atomic E-state index is 14.2. The molecular weight excluding hydrogens is 609 g/mol. The van der Waals surface area contributed by atoms with Gasteiger partial charge in [-0.25, -0.2) is 23.2 Å². The molecule has 240 valence electrons. The van der Waals surface area contributed by atoms with E-state index in [2.05, 4.69) is 10.9 Å². The summed E-state index contributed by atoms with van der Waals surface area (Å²) in [4.78, 5) is 19.2. The molecule has 4 aromatic rings. The van der Waals surface area contributed by atoms with Crippen molar-refractivity contribution in [3.05, 3.63) is 132 Å². The fourth-order valence-electron chi connectivity index (χ4n) is 5.14. The summed E-state index contributed by atoms with van der Waals surface area (Å²) >= 11 is 0. The van der Waals surface area contributed by atoms with Crippen LogP contribution in [0.25, 0.3) is 0 Å². The average Bonchev–Trinajstić information content (AvgIpc) is 3.49. The van der Waals surface area contributed by atoms with Crippen molar-refractivity contribution in [2.45, 2.75) is 35.8 Å². The molecule has 3 N–H and O–H groups in total. The van der Waals surface area contributed by atoms with Crippen LogP contribution in [0.5, 0.6) is 5.75 Å². The molecule has 1 aliphatic heterocycles. The molecule has 0 radical (unpaired) electrons. The Labute approximate surface area is 268 Å². The summed E-state index contributed by atoms with van der Waals surface area (Å²) in [6.07, 6.45) is -0.0941. The van der Waals surface area contributed by atoms with Crippen molar-refractivity contribution in [3.8, 4) is 5.75 Å². The molecule has 9 nitrogen and oxygen atoms in total. The van der Waals surface area contributed by atoms with Crippen LogP contribution in [-0.4, -0.2) is 56.4 Å². The van der Waals surface area contributed by atoms with Crippen molar-refractivity contribution in [1.29, 1.82) is 0 Å². The van der Waals surface area contributed by atoms with Gasteiger partial charge < -0.3 is 14.6 Å². The van der Waals surface area contributed by atoms with Crippen molar-refractivity contribution in [3.63, 3.8) is 0 Å². The third-order valence-electron chi connectivity index (χ3n) is 7.64. The lowest BCUT2D eigenvalue weighted by Crippen LogP contribution is -2.53. The lowest BCUT2D eigenvalue weighted by molar-refractivity contribution is -0.130. The lowest BCUT2D eigenvalue weighted by atomic mass is 9.85. The van der Waals surface area contributed by atoms with Gasteiger partial charge in [0.1, 0.15) is 11.6 Å². The molecule has 5 rings (SSSR count). The van der Waals surface area contributed by atoms with E-state index < -0.39 is 27.4 Å². The number of ether oxygens (including phenoxy) is 2. The summed E-state index contributed by atoms with van der Waals surface area (Å²) < 4.78 is 52.3. The Bertz CT molecular complexity index is 1720. The van der Waals surface area contributed by atoms with Gasteiger partial charge in [0, 0.05) is 31.6 Å². The maximum Gasteiger partial charge on any atom is 0.266 e. The zero-order valence-corrected chi connectivity index (χ0v) is 26.0. The van der Waals surface area contributed by atoms with E-state index in [0.717, 1.165) is 5.56 Å². The summed E-state index contributed by atoms with van der Waals surface area (Å²) in [6.45, 7) is 0.715. The van der Waals surface area contributed by atoms with E-state index in [1.165, 1.54) is 24.3 Å². The monoisotopic (exact) mass is 645 g/mol. The van der Waals surface area contributed by atoms with Crippen LogP contribution in [0.1, 0.15) is 35.6 Å². The number of rotatable bonds is 15. The molecule has 0 spiro atoms. The number of nitrogens with one attached hydrogen (secondary N) is 2. The molecule has 0 unspecified atom stereocenters. The number of hydrazine groups is 1. The lowest BCUT2D eigenvalue weighted by Gasteiger charge is -2.30. The van der Waals surface area contributed by atoms with Crippen molar-refractivity contribution in [2.75, 3.05) is 25.5 Å². The highest BCUT2D eigenvalue weighted by Gasteiger charge is 2.53. The summed E-state index contributed by atoms with van der Waals surface area (Å²) in [5.41, 5.74) is 6.14. The molecule has 0 aromatic heterocycles. The molecular formula is C35H36FN3O6S. The predicted octanol–water partition coefficient (Wildman–Crippen LogP) is 4.57. The number of benzene rings is 4. The molecule has 0 fully saturated rings. The minimum atomic E-state index is -3.78. The summed E-state index contributed by atoms with van der Waals surface area (Å²) in [6, 6.07) is 30.3. The Morgan fingerprint density at radius 3 is 2.28 bits per heavy atom. The number of aliphatic hydroxyl groups excluding tert-OH is 1. The highest BCUT2D eigenvalue weighted by Crippen LogP contribution is 2.43. The number of carbonyl (C=O) groups excluding carboxylic acids is 1. The van der Waals surface area contributed by atoms with Crippen LogP contribution in [0.15, 0.2) is 119 Å². The van der Waals surface area contributed by atoms with Gasteiger partial charge in [-0.2, -0.15) is 0 Å². The molecule has 11 heteroatoms. The van der Waals surface area contributed by atoms with Crippen LogP contribution in [-0.2, 0) is 25.8 Å². The number of amides is 1. The Kier molecular flexibility index (Phi) is 10.8. The first-order valence-electron chi connectivity index (χ1n) is 15.0. The quantitative estimate of drug-likeness (QED) is 0.128. The molecule has 46 heavy (non-hydrogen) atoms. The molecule has 1 heterocycles. The number of nitrogens with zero attached hydrogens (tertiary/aromatic N) is 1. The van der Waals surface area contributed by atoms with Crippen LogP contribution < -0.4 is 15.6 Å². The Balaban J connectivity index is 1.45. The van der Waals surface area contributed by atoms with Crippen LogP contribution >= 0.6 is 0 Å². The van der Waals surface area contributed by atoms with Crippen molar-refractivity contribution in [1.82, 2.24) is 10.9 Å². The van der Waals surface area contributed by atoms with E-state index in [1.807, 2.05) is 30.3 Å². The first kappa shape index (κ1) is 32.8. The minimum Gasteiger partial charge on any atom is -0.494 e. The first-order valence-corrected chi connectivity index (χ1v) is 16.7. The van der Waals surface area contributed by atoms with Crippen LogP contribution in [0.2, 0.25) is 0 Å².